The summed E-state index contributed by atoms with van der Waals surface area (Å²) in [7, 11) is 0. The molecular formula is C32H53N7O13. The third kappa shape index (κ3) is 9.60. The molecule has 3 aliphatic heterocycles. The highest BCUT2D eigenvalue weighted by atomic mass is 16.8. The van der Waals surface area contributed by atoms with Gasteiger partial charge in [0.25, 0.3) is 5.91 Å². The molecule has 6 unspecified atom stereocenters. The predicted molar refractivity (Wildman–Crippen MR) is 181 cm³/mol. The highest BCUT2D eigenvalue weighted by molar-refractivity contribution is 5.95. The molecule has 294 valence electrons. The first-order chi connectivity index (χ1) is 24.6. The Morgan fingerprint density at radius 2 is 1.42 bits per heavy atom. The van der Waals surface area contributed by atoms with E-state index in [9.17, 15) is 35.4 Å². The highest BCUT2D eigenvalue weighted by Crippen LogP contribution is 2.32. The fourth-order valence-corrected chi connectivity index (χ4v) is 6.25. The fourth-order valence-electron chi connectivity index (χ4n) is 6.25. The van der Waals surface area contributed by atoms with Crippen molar-refractivity contribution in [1.29, 1.82) is 0 Å². The number of amides is 1. The van der Waals surface area contributed by atoms with Crippen molar-refractivity contribution in [2.45, 2.75) is 124 Å². The van der Waals surface area contributed by atoms with Crippen molar-refractivity contribution < 1.29 is 63.9 Å². The number of nitrogens with two attached hydrogens (primary N) is 6. The standard InChI is InChI=1S/C32H53N7O13/c1-3-13-4-6-14(7-5-13)39-29(46)28-27(51-31-20(38)24(44)22(42)17(10-34)48-31)25(45)32(52-28)49-18(11-40)26(15(36)8-12(2)35)50-30-19(37)23(43)21(41)16(9-33)47-30/h1,4-7,12,15-28,30-32,40-45H,8-11,33-38H2,2H3,(H,39,46)/t12-,15?,16?,17-,18?,19-,20?,21+,22+,23+,24?,25+,26+,27?,28-,30+,31+,32+/m0/s1. The number of aliphatic hydroxyl groups is 6. The number of rotatable bonds is 15. The Labute approximate surface area is 300 Å². The summed E-state index contributed by atoms with van der Waals surface area (Å²) >= 11 is 0. The van der Waals surface area contributed by atoms with Gasteiger partial charge in [0.05, 0.1) is 18.7 Å². The normalized spacial score (nSPS) is 38.9. The summed E-state index contributed by atoms with van der Waals surface area (Å²) in [6, 6.07) is 2.17. The van der Waals surface area contributed by atoms with Crippen LogP contribution in [0.1, 0.15) is 18.9 Å². The molecule has 0 radical (unpaired) electrons. The van der Waals surface area contributed by atoms with Crippen molar-refractivity contribution in [3.05, 3.63) is 29.8 Å². The molecule has 3 heterocycles. The van der Waals surface area contributed by atoms with E-state index in [1.54, 1.807) is 31.2 Å². The van der Waals surface area contributed by atoms with E-state index in [1.165, 1.54) is 0 Å². The minimum Gasteiger partial charge on any atom is -0.394 e. The average Bonchev–Trinajstić information content (AvgIpc) is 3.43. The van der Waals surface area contributed by atoms with Gasteiger partial charge in [-0.3, -0.25) is 4.79 Å². The van der Waals surface area contributed by atoms with E-state index < -0.39 is 123 Å². The summed E-state index contributed by atoms with van der Waals surface area (Å²) in [4.78, 5) is 13.7. The van der Waals surface area contributed by atoms with E-state index in [2.05, 4.69) is 11.2 Å². The van der Waals surface area contributed by atoms with Gasteiger partial charge in [0.15, 0.2) is 25.0 Å². The zero-order valence-electron chi connectivity index (χ0n) is 28.6. The number of nitrogens with one attached hydrogen (secondary N) is 1. The number of anilines is 1. The summed E-state index contributed by atoms with van der Waals surface area (Å²) in [5.41, 5.74) is 37.0. The zero-order chi connectivity index (χ0) is 38.4. The second-order valence-electron chi connectivity index (χ2n) is 13.2. The Hall–Kier alpha value is -2.47. The largest absolute Gasteiger partial charge is 0.394 e. The topological polar surface area (TPSA) is 362 Å². The van der Waals surface area contributed by atoms with Gasteiger partial charge in [0.2, 0.25) is 0 Å². The number of carbonyl (C=O) groups is 1. The van der Waals surface area contributed by atoms with Gasteiger partial charge < -0.3 is 98.8 Å². The second kappa shape index (κ2) is 18.7. The molecule has 20 nitrogen and oxygen atoms in total. The number of aliphatic hydroxyl groups excluding tert-OH is 6. The van der Waals surface area contributed by atoms with E-state index in [1.807, 2.05) is 0 Å². The van der Waals surface area contributed by atoms with Gasteiger partial charge in [-0.15, -0.1) is 6.42 Å². The first kappa shape index (κ1) is 42.3. The maximum absolute atomic E-state index is 13.7. The molecule has 0 spiro atoms. The summed E-state index contributed by atoms with van der Waals surface area (Å²) in [5.74, 6) is 1.65. The Morgan fingerprint density at radius 1 is 0.865 bits per heavy atom. The van der Waals surface area contributed by atoms with Crippen LogP contribution in [-0.4, -0.2) is 166 Å². The van der Waals surface area contributed by atoms with E-state index >= 15 is 0 Å². The predicted octanol–water partition coefficient (Wildman–Crippen LogP) is -6.63. The number of ether oxygens (including phenoxy) is 6. The number of terminal acetylenes is 1. The molecule has 3 aliphatic rings. The SMILES string of the molecule is C#Cc1ccc(NC(=O)[C@H]2O[C@@H](OC(CO)[C@H](O[C@H]3OC(CN)[C@@H](O)[C@H](O)[C@@H]3N)C(N)C[C@H](C)N)[C@H](O)C2O[C@H]2O[C@@H](CN)[C@@H](O)C(O)C2N)cc1. The smallest absolute Gasteiger partial charge is 0.256 e. The van der Waals surface area contributed by atoms with Gasteiger partial charge in [-0.2, -0.15) is 0 Å². The first-order valence-electron chi connectivity index (χ1n) is 16.9. The Bertz CT molecular complexity index is 1320. The molecule has 3 saturated heterocycles. The quantitative estimate of drug-likeness (QED) is 0.0742. The van der Waals surface area contributed by atoms with Crippen molar-refractivity contribution in [3.63, 3.8) is 0 Å². The number of benzene rings is 1. The molecule has 20 heteroatoms. The molecule has 1 aromatic rings. The van der Waals surface area contributed by atoms with Crippen LogP contribution >= 0.6 is 0 Å². The van der Waals surface area contributed by atoms with E-state index in [-0.39, 0.29) is 19.5 Å². The summed E-state index contributed by atoms with van der Waals surface area (Å²) < 4.78 is 35.4. The minimum atomic E-state index is -1.79. The lowest BCUT2D eigenvalue weighted by Gasteiger charge is -2.43. The summed E-state index contributed by atoms with van der Waals surface area (Å²) in [6.45, 7) is 0.464. The Kier molecular flexibility index (Phi) is 15.2. The maximum Gasteiger partial charge on any atom is 0.256 e. The van der Waals surface area contributed by atoms with Crippen LogP contribution in [0.3, 0.4) is 0 Å². The molecule has 0 saturated carbocycles. The van der Waals surface area contributed by atoms with Crippen molar-refractivity contribution in [2.75, 3.05) is 25.0 Å². The number of hydrogen-bond donors (Lipinski definition) is 13. The van der Waals surface area contributed by atoms with Crippen molar-refractivity contribution >= 4 is 11.6 Å². The molecule has 3 fully saturated rings. The molecule has 19 N–H and O–H groups in total. The molecule has 0 bridgehead atoms. The molecule has 18 atom stereocenters. The average molecular weight is 744 g/mol. The summed E-state index contributed by atoms with van der Waals surface area (Å²) in [5, 5.41) is 66.5. The van der Waals surface area contributed by atoms with Gasteiger partial charge in [-0.05, 0) is 37.6 Å². The third-order valence-electron chi connectivity index (χ3n) is 9.24. The molecule has 0 aromatic heterocycles. The number of hydrogen-bond acceptors (Lipinski definition) is 19. The van der Waals surface area contributed by atoms with Gasteiger partial charge in [-0.1, -0.05) is 5.92 Å². The van der Waals surface area contributed by atoms with Crippen LogP contribution in [0.5, 0.6) is 0 Å². The molecule has 1 aromatic carbocycles. The lowest BCUT2D eigenvalue weighted by atomic mass is 9.96. The van der Waals surface area contributed by atoms with Gasteiger partial charge in [0, 0.05) is 36.4 Å². The highest BCUT2D eigenvalue weighted by Gasteiger charge is 2.54. The lowest BCUT2D eigenvalue weighted by molar-refractivity contribution is -0.296. The lowest BCUT2D eigenvalue weighted by Crippen LogP contribution is -2.65. The second-order valence-corrected chi connectivity index (χ2v) is 13.2. The molecule has 1 amide bonds. The van der Waals surface area contributed by atoms with Crippen molar-refractivity contribution in [3.8, 4) is 12.3 Å². The van der Waals surface area contributed by atoms with Crippen LogP contribution in [0.4, 0.5) is 5.69 Å². The van der Waals surface area contributed by atoms with Gasteiger partial charge in [-0.25, -0.2) is 0 Å². The number of carbonyl (C=O) groups excluding carboxylic acids is 1. The molecular weight excluding hydrogens is 690 g/mol. The Balaban J connectivity index is 1.61. The Morgan fingerprint density at radius 3 is 1.94 bits per heavy atom. The van der Waals surface area contributed by atoms with Crippen LogP contribution in [0, 0.1) is 12.3 Å². The molecule has 4 rings (SSSR count). The minimum absolute atomic E-state index is 0.120. The first-order valence-corrected chi connectivity index (χ1v) is 16.9. The van der Waals surface area contributed by atoms with Gasteiger partial charge >= 0.3 is 0 Å². The van der Waals surface area contributed by atoms with Crippen molar-refractivity contribution in [2.24, 2.45) is 34.4 Å². The van der Waals surface area contributed by atoms with E-state index in [0.717, 1.165) is 0 Å². The van der Waals surface area contributed by atoms with Crippen molar-refractivity contribution in [1.82, 2.24) is 0 Å². The van der Waals surface area contributed by atoms with Gasteiger partial charge in [0.1, 0.15) is 61.0 Å². The van der Waals surface area contributed by atoms with Crippen LogP contribution in [0.2, 0.25) is 0 Å². The van der Waals surface area contributed by atoms with Crippen LogP contribution < -0.4 is 39.7 Å². The van der Waals surface area contributed by atoms with Crippen LogP contribution in [0.15, 0.2) is 24.3 Å². The van der Waals surface area contributed by atoms with E-state index in [4.69, 9.17) is 69.2 Å². The zero-order valence-corrected chi connectivity index (χ0v) is 28.6. The van der Waals surface area contributed by atoms with Crippen LogP contribution in [0.25, 0.3) is 0 Å². The maximum atomic E-state index is 13.7. The summed E-state index contributed by atoms with van der Waals surface area (Å²) in [6.07, 6.45) is -14.9. The van der Waals surface area contributed by atoms with E-state index in [0.29, 0.717) is 11.3 Å². The monoisotopic (exact) mass is 743 g/mol. The molecule has 0 aliphatic carbocycles. The third-order valence-corrected chi connectivity index (χ3v) is 9.24. The van der Waals surface area contributed by atoms with Crippen LogP contribution in [-0.2, 0) is 33.2 Å². The molecule has 52 heavy (non-hydrogen) atoms. The fraction of sp³-hybridized carbons (Fsp3) is 0.719.